The topological polar surface area (TPSA) is 103 Å². The lowest BCUT2D eigenvalue weighted by Gasteiger charge is -2.37. The van der Waals surface area contributed by atoms with Crippen molar-refractivity contribution in [2.45, 2.75) is 6.92 Å². The van der Waals surface area contributed by atoms with Gasteiger partial charge in [-0.1, -0.05) is 6.07 Å². The number of fused-ring (bicyclic) bond motifs is 1. The molecule has 0 radical (unpaired) electrons. The van der Waals surface area contributed by atoms with E-state index < -0.39 is 5.91 Å². The predicted molar refractivity (Wildman–Crippen MR) is 131 cm³/mol. The van der Waals surface area contributed by atoms with Gasteiger partial charge in [0.2, 0.25) is 0 Å². The van der Waals surface area contributed by atoms with Crippen LogP contribution in [0.1, 0.15) is 11.1 Å². The van der Waals surface area contributed by atoms with Gasteiger partial charge in [0.15, 0.2) is 0 Å². The number of methoxy groups -OCH3 is 1. The van der Waals surface area contributed by atoms with Crippen molar-refractivity contribution in [1.82, 2.24) is 14.7 Å². The molecule has 9 nitrogen and oxygen atoms in total. The van der Waals surface area contributed by atoms with Crippen molar-refractivity contribution in [2.24, 2.45) is 0 Å². The number of anilines is 2. The van der Waals surface area contributed by atoms with Crippen molar-refractivity contribution in [3.8, 4) is 11.8 Å². The molecule has 4 rings (SSSR count). The fourth-order valence-electron chi connectivity index (χ4n) is 4.06. The number of piperazine rings is 1. The van der Waals surface area contributed by atoms with E-state index >= 15 is 0 Å². The summed E-state index contributed by atoms with van der Waals surface area (Å²) in [6.07, 6.45) is 2.99. The maximum atomic E-state index is 13.4. The smallest absolute Gasteiger partial charge is 0.267 e. The Morgan fingerprint density at radius 2 is 1.82 bits per heavy atom. The first-order chi connectivity index (χ1) is 16.5. The second-order valence-corrected chi connectivity index (χ2v) is 7.96. The minimum Gasteiger partial charge on any atom is -0.497 e. The van der Waals surface area contributed by atoms with Crippen molar-refractivity contribution in [2.75, 3.05) is 50.1 Å². The summed E-state index contributed by atoms with van der Waals surface area (Å²) < 4.78 is 6.70. The summed E-state index contributed by atoms with van der Waals surface area (Å²) in [6.45, 7) is 4.61. The van der Waals surface area contributed by atoms with Gasteiger partial charge in [0.1, 0.15) is 28.9 Å². The molecule has 34 heavy (non-hydrogen) atoms. The Bertz CT molecular complexity index is 1350. The molecule has 3 heterocycles. The summed E-state index contributed by atoms with van der Waals surface area (Å²) in [4.78, 5) is 34.7. The number of carbonyl (C=O) groups excluding carboxylic acids is 1. The van der Waals surface area contributed by atoms with Gasteiger partial charge in [-0.3, -0.25) is 14.0 Å². The molecule has 174 valence electrons. The molecule has 3 aromatic rings. The first kappa shape index (κ1) is 22.9. The van der Waals surface area contributed by atoms with Gasteiger partial charge < -0.3 is 19.9 Å². The van der Waals surface area contributed by atoms with Gasteiger partial charge in [-0.15, -0.1) is 0 Å². The van der Waals surface area contributed by atoms with Crippen LogP contribution < -0.4 is 25.4 Å². The molecule has 9 heteroatoms. The zero-order chi connectivity index (χ0) is 24.2. The zero-order valence-corrected chi connectivity index (χ0v) is 19.4. The van der Waals surface area contributed by atoms with Crippen LogP contribution in [0.5, 0.6) is 5.75 Å². The molecule has 1 fully saturated rings. The lowest BCUT2D eigenvalue weighted by atomic mass is 10.1. The fourth-order valence-corrected chi connectivity index (χ4v) is 4.06. The van der Waals surface area contributed by atoms with Gasteiger partial charge in [-0.05, 0) is 48.9 Å². The van der Waals surface area contributed by atoms with Crippen LogP contribution in [-0.4, -0.2) is 55.6 Å². The molecule has 2 aromatic heterocycles. The van der Waals surface area contributed by atoms with Crippen molar-refractivity contribution >= 4 is 29.1 Å². The maximum absolute atomic E-state index is 13.4. The standard InChI is InChI=1S/C25H26N6O3/c1-17-5-4-10-31-22(17)28-23(21(25(31)33)15-18(16-26)24(32)27-2)30-13-11-29(12-14-30)19-6-8-20(34-3)9-7-19/h4-10,15H,11-14H2,1-3H3,(H,27,32)/b18-15+. The van der Waals surface area contributed by atoms with Crippen LogP contribution >= 0.6 is 0 Å². The third-order valence-corrected chi connectivity index (χ3v) is 5.96. The summed E-state index contributed by atoms with van der Waals surface area (Å²) in [5.41, 5.74) is 2.26. The number of nitriles is 1. The Labute approximate surface area is 197 Å². The van der Waals surface area contributed by atoms with Gasteiger partial charge in [0.25, 0.3) is 11.5 Å². The monoisotopic (exact) mass is 458 g/mol. The lowest BCUT2D eigenvalue weighted by Crippen LogP contribution is -2.47. The Kier molecular flexibility index (Phi) is 6.50. The number of hydrogen-bond acceptors (Lipinski definition) is 7. The Morgan fingerprint density at radius 1 is 1.15 bits per heavy atom. The van der Waals surface area contributed by atoms with Crippen LogP contribution in [0.25, 0.3) is 11.7 Å². The highest BCUT2D eigenvalue weighted by Crippen LogP contribution is 2.25. The van der Waals surface area contributed by atoms with E-state index in [1.54, 1.807) is 19.4 Å². The number of hydrogen-bond donors (Lipinski definition) is 1. The number of benzene rings is 1. The summed E-state index contributed by atoms with van der Waals surface area (Å²) in [6, 6.07) is 13.5. The van der Waals surface area contributed by atoms with Crippen LogP contribution in [0.3, 0.4) is 0 Å². The summed E-state index contributed by atoms with van der Waals surface area (Å²) in [5, 5.41) is 11.9. The van der Waals surface area contributed by atoms with Crippen LogP contribution in [0.15, 0.2) is 53.0 Å². The highest BCUT2D eigenvalue weighted by atomic mass is 16.5. The van der Waals surface area contributed by atoms with Gasteiger partial charge in [0, 0.05) is 45.1 Å². The van der Waals surface area contributed by atoms with E-state index in [4.69, 9.17) is 9.72 Å². The molecule has 1 aliphatic rings. The van der Waals surface area contributed by atoms with Gasteiger partial charge in [-0.2, -0.15) is 5.26 Å². The average Bonchev–Trinajstić information content (AvgIpc) is 2.88. The number of nitrogens with one attached hydrogen (secondary N) is 1. The molecule has 1 N–H and O–H groups in total. The third kappa shape index (κ3) is 4.30. The Morgan fingerprint density at radius 3 is 2.44 bits per heavy atom. The van der Waals surface area contributed by atoms with E-state index in [1.165, 1.54) is 17.5 Å². The molecular weight excluding hydrogens is 432 g/mol. The van der Waals surface area contributed by atoms with E-state index in [1.807, 2.05) is 48.2 Å². The molecule has 0 spiro atoms. The molecule has 1 saturated heterocycles. The van der Waals surface area contributed by atoms with E-state index in [2.05, 4.69) is 10.2 Å². The van der Waals surface area contributed by atoms with E-state index in [-0.39, 0.29) is 16.7 Å². The molecule has 1 aliphatic heterocycles. The van der Waals surface area contributed by atoms with Crippen molar-refractivity contribution in [1.29, 1.82) is 5.26 Å². The second kappa shape index (κ2) is 9.67. The number of likely N-dealkylation sites (N-methyl/N-ethyl adjacent to an activating group) is 1. The van der Waals surface area contributed by atoms with Crippen molar-refractivity contribution < 1.29 is 9.53 Å². The largest absolute Gasteiger partial charge is 0.497 e. The predicted octanol–water partition coefficient (Wildman–Crippen LogP) is 1.99. The highest BCUT2D eigenvalue weighted by Gasteiger charge is 2.24. The van der Waals surface area contributed by atoms with Gasteiger partial charge in [0.05, 0.1) is 12.7 Å². The number of carbonyl (C=O) groups is 1. The SMILES string of the molecule is CNC(=O)/C(C#N)=C/c1c(N2CCN(c3ccc(OC)cc3)CC2)nc2c(C)cccn2c1=O. The van der Waals surface area contributed by atoms with Crippen LogP contribution in [0.4, 0.5) is 11.5 Å². The highest BCUT2D eigenvalue weighted by molar-refractivity contribution is 6.02. The average molecular weight is 459 g/mol. The molecule has 1 aromatic carbocycles. The maximum Gasteiger partial charge on any atom is 0.267 e. The molecule has 0 unspecified atom stereocenters. The number of pyridine rings is 1. The Hall–Kier alpha value is -4.32. The van der Waals surface area contributed by atoms with E-state index in [9.17, 15) is 14.9 Å². The number of rotatable bonds is 5. The number of aromatic nitrogens is 2. The molecule has 0 saturated carbocycles. The summed E-state index contributed by atoms with van der Waals surface area (Å²) in [7, 11) is 3.09. The normalized spacial score (nSPS) is 14.1. The van der Waals surface area contributed by atoms with E-state index in [0.29, 0.717) is 24.6 Å². The number of ether oxygens (including phenoxy) is 1. The zero-order valence-electron chi connectivity index (χ0n) is 19.4. The minimum absolute atomic E-state index is 0.146. The molecular formula is C25H26N6O3. The van der Waals surface area contributed by atoms with Crippen molar-refractivity contribution in [3.05, 3.63) is 69.6 Å². The summed E-state index contributed by atoms with van der Waals surface area (Å²) >= 11 is 0. The number of nitrogens with zero attached hydrogens (tertiary/aromatic N) is 5. The second-order valence-electron chi connectivity index (χ2n) is 7.96. The quantitative estimate of drug-likeness (QED) is 0.461. The Balaban J connectivity index is 1.73. The molecule has 0 atom stereocenters. The minimum atomic E-state index is -0.550. The lowest BCUT2D eigenvalue weighted by molar-refractivity contribution is -0.116. The van der Waals surface area contributed by atoms with Crippen LogP contribution in [0.2, 0.25) is 0 Å². The molecule has 0 aliphatic carbocycles. The molecule has 1 amide bonds. The first-order valence-electron chi connectivity index (χ1n) is 11.0. The number of amides is 1. The van der Waals surface area contributed by atoms with E-state index in [0.717, 1.165) is 30.1 Å². The molecule has 0 bridgehead atoms. The summed E-state index contributed by atoms with van der Waals surface area (Å²) in [5.74, 6) is 0.733. The van der Waals surface area contributed by atoms with Crippen molar-refractivity contribution in [3.63, 3.8) is 0 Å². The van der Waals surface area contributed by atoms with Gasteiger partial charge in [-0.25, -0.2) is 4.98 Å². The van der Waals surface area contributed by atoms with Crippen LogP contribution in [-0.2, 0) is 4.79 Å². The first-order valence-corrected chi connectivity index (χ1v) is 11.0. The number of aryl methyl sites for hydroxylation is 1. The fraction of sp³-hybridized carbons (Fsp3) is 0.280. The van der Waals surface area contributed by atoms with Gasteiger partial charge >= 0.3 is 0 Å². The van der Waals surface area contributed by atoms with Crippen LogP contribution in [0, 0.1) is 18.3 Å². The third-order valence-electron chi connectivity index (χ3n) is 5.96.